The Bertz CT molecular complexity index is 438. The van der Waals surface area contributed by atoms with Crippen LogP contribution in [-0.4, -0.2) is 55.7 Å². The summed E-state index contributed by atoms with van der Waals surface area (Å²) in [5, 5.41) is 12.0. The highest BCUT2D eigenvalue weighted by Gasteiger charge is 2.39. The van der Waals surface area contributed by atoms with Crippen LogP contribution < -0.4 is 5.32 Å². The van der Waals surface area contributed by atoms with Gasteiger partial charge in [0.05, 0.1) is 5.75 Å². The number of rotatable bonds is 5. The Kier molecular flexibility index (Phi) is 5.04. The van der Waals surface area contributed by atoms with Crippen LogP contribution in [0.25, 0.3) is 0 Å². The van der Waals surface area contributed by atoms with Gasteiger partial charge in [0.1, 0.15) is 0 Å². The van der Waals surface area contributed by atoms with E-state index in [1.54, 1.807) is 4.31 Å². The SMILES string of the molecule is O=C(O)CCCS(=O)(=O)N1CCCC2(CCCNC2)C1. The number of aliphatic carboxylic acids is 1. The van der Waals surface area contributed by atoms with E-state index in [9.17, 15) is 13.2 Å². The summed E-state index contributed by atoms with van der Waals surface area (Å²) in [5.74, 6) is -0.991. The maximum Gasteiger partial charge on any atom is 0.303 e. The highest BCUT2D eigenvalue weighted by Crippen LogP contribution is 2.36. The molecule has 2 heterocycles. The summed E-state index contributed by atoms with van der Waals surface area (Å²) in [6, 6.07) is 0. The zero-order valence-electron chi connectivity index (χ0n) is 11.8. The van der Waals surface area contributed by atoms with Crippen LogP contribution in [0.5, 0.6) is 0 Å². The summed E-state index contributed by atoms with van der Waals surface area (Å²) in [7, 11) is -3.31. The second-order valence-electron chi connectivity index (χ2n) is 6.03. The summed E-state index contributed by atoms with van der Waals surface area (Å²) in [6.07, 6.45) is 4.29. The quantitative estimate of drug-likeness (QED) is 0.778. The van der Waals surface area contributed by atoms with E-state index in [0.29, 0.717) is 13.1 Å². The predicted octanol–water partition coefficient (Wildman–Crippen LogP) is 0.647. The van der Waals surface area contributed by atoms with Gasteiger partial charge in [0.15, 0.2) is 0 Å². The Balaban J connectivity index is 1.95. The predicted molar refractivity (Wildman–Crippen MR) is 76.0 cm³/mol. The first kappa shape index (κ1) is 15.7. The molecular formula is C13H24N2O4S. The van der Waals surface area contributed by atoms with E-state index in [-0.39, 0.29) is 24.0 Å². The van der Waals surface area contributed by atoms with Crippen molar-refractivity contribution in [3.8, 4) is 0 Å². The van der Waals surface area contributed by atoms with Crippen molar-refractivity contribution in [1.29, 1.82) is 0 Å². The van der Waals surface area contributed by atoms with E-state index in [2.05, 4.69) is 5.32 Å². The lowest BCUT2D eigenvalue weighted by molar-refractivity contribution is -0.137. The molecule has 2 aliphatic heterocycles. The molecule has 2 fully saturated rings. The van der Waals surface area contributed by atoms with Crippen LogP contribution in [0.15, 0.2) is 0 Å². The first-order chi connectivity index (χ1) is 9.44. The fourth-order valence-corrected chi connectivity index (χ4v) is 4.96. The van der Waals surface area contributed by atoms with Crippen molar-refractivity contribution in [3.05, 3.63) is 0 Å². The van der Waals surface area contributed by atoms with Crippen LogP contribution in [0.1, 0.15) is 38.5 Å². The van der Waals surface area contributed by atoms with Gasteiger partial charge in [-0.3, -0.25) is 4.79 Å². The van der Waals surface area contributed by atoms with Gasteiger partial charge in [0, 0.05) is 26.1 Å². The minimum atomic E-state index is -3.31. The van der Waals surface area contributed by atoms with Crippen LogP contribution in [0, 0.1) is 5.41 Å². The van der Waals surface area contributed by atoms with Gasteiger partial charge in [0.25, 0.3) is 0 Å². The Morgan fingerprint density at radius 3 is 2.70 bits per heavy atom. The normalized spacial score (nSPS) is 28.6. The molecule has 116 valence electrons. The number of nitrogens with one attached hydrogen (secondary N) is 1. The van der Waals surface area contributed by atoms with Crippen molar-refractivity contribution in [3.63, 3.8) is 0 Å². The third-order valence-corrected chi connectivity index (χ3v) is 6.28. The van der Waals surface area contributed by atoms with E-state index >= 15 is 0 Å². The number of hydrogen-bond donors (Lipinski definition) is 2. The molecule has 7 heteroatoms. The maximum atomic E-state index is 12.3. The number of piperidine rings is 2. The second kappa shape index (κ2) is 6.41. The van der Waals surface area contributed by atoms with Gasteiger partial charge < -0.3 is 10.4 Å². The zero-order chi connectivity index (χ0) is 14.6. The van der Waals surface area contributed by atoms with Gasteiger partial charge >= 0.3 is 5.97 Å². The summed E-state index contributed by atoms with van der Waals surface area (Å²) in [4.78, 5) is 10.5. The molecule has 0 bridgehead atoms. The number of sulfonamides is 1. The highest BCUT2D eigenvalue weighted by atomic mass is 32.2. The molecule has 2 saturated heterocycles. The van der Waals surface area contributed by atoms with Crippen molar-refractivity contribution >= 4 is 16.0 Å². The molecule has 2 N–H and O–H groups in total. The summed E-state index contributed by atoms with van der Waals surface area (Å²) < 4.78 is 26.2. The van der Waals surface area contributed by atoms with Gasteiger partial charge in [0.2, 0.25) is 10.0 Å². The lowest BCUT2D eigenvalue weighted by Gasteiger charge is -2.44. The van der Waals surface area contributed by atoms with Gasteiger partial charge in [-0.1, -0.05) is 0 Å². The smallest absolute Gasteiger partial charge is 0.303 e. The Morgan fingerprint density at radius 1 is 1.30 bits per heavy atom. The molecule has 0 aliphatic carbocycles. The molecule has 1 spiro atoms. The zero-order valence-corrected chi connectivity index (χ0v) is 12.6. The molecule has 1 atom stereocenters. The topological polar surface area (TPSA) is 86.7 Å². The molecule has 0 aromatic rings. The first-order valence-corrected chi connectivity index (χ1v) is 8.95. The minimum Gasteiger partial charge on any atom is -0.481 e. The summed E-state index contributed by atoms with van der Waals surface area (Å²) in [6.45, 7) is 3.09. The molecule has 0 aromatic heterocycles. The van der Waals surface area contributed by atoms with Crippen molar-refractivity contribution in [2.75, 3.05) is 31.9 Å². The minimum absolute atomic E-state index is 0.0528. The molecular weight excluding hydrogens is 280 g/mol. The lowest BCUT2D eigenvalue weighted by Crippen LogP contribution is -2.52. The second-order valence-corrected chi connectivity index (χ2v) is 8.12. The van der Waals surface area contributed by atoms with Crippen molar-refractivity contribution < 1.29 is 18.3 Å². The monoisotopic (exact) mass is 304 g/mol. The third-order valence-electron chi connectivity index (χ3n) is 4.37. The molecule has 0 aromatic carbocycles. The van der Waals surface area contributed by atoms with E-state index in [0.717, 1.165) is 38.8 Å². The first-order valence-electron chi connectivity index (χ1n) is 7.34. The van der Waals surface area contributed by atoms with Crippen molar-refractivity contribution in [1.82, 2.24) is 9.62 Å². The third kappa shape index (κ3) is 3.93. The van der Waals surface area contributed by atoms with Crippen LogP contribution in [0.3, 0.4) is 0 Å². The molecule has 0 amide bonds. The number of carboxylic acid groups (broad SMARTS) is 1. The van der Waals surface area contributed by atoms with Crippen LogP contribution in [0.4, 0.5) is 0 Å². The number of hydrogen-bond acceptors (Lipinski definition) is 4. The Hall–Kier alpha value is -0.660. The number of carbonyl (C=O) groups is 1. The molecule has 1 unspecified atom stereocenters. The maximum absolute atomic E-state index is 12.3. The van der Waals surface area contributed by atoms with Gasteiger partial charge in [-0.2, -0.15) is 0 Å². The van der Waals surface area contributed by atoms with Crippen molar-refractivity contribution in [2.24, 2.45) is 5.41 Å². The lowest BCUT2D eigenvalue weighted by atomic mass is 9.75. The molecule has 0 radical (unpaired) electrons. The largest absolute Gasteiger partial charge is 0.481 e. The summed E-state index contributed by atoms with van der Waals surface area (Å²) >= 11 is 0. The van der Waals surface area contributed by atoms with Crippen LogP contribution >= 0.6 is 0 Å². The van der Waals surface area contributed by atoms with Gasteiger partial charge in [-0.25, -0.2) is 12.7 Å². The standard InChI is InChI=1S/C13H24N2O4S/c16-12(17)4-1-9-20(18,19)15-8-3-6-13(11-15)5-2-7-14-10-13/h14H,1-11H2,(H,16,17). The average molecular weight is 304 g/mol. The van der Waals surface area contributed by atoms with E-state index in [4.69, 9.17) is 5.11 Å². The molecule has 6 nitrogen and oxygen atoms in total. The van der Waals surface area contributed by atoms with Gasteiger partial charge in [-0.05, 0) is 44.1 Å². The number of nitrogens with zero attached hydrogens (tertiary/aromatic N) is 1. The highest BCUT2D eigenvalue weighted by molar-refractivity contribution is 7.89. The fraction of sp³-hybridized carbons (Fsp3) is 0.923. The van der Waals surface area contributed by atoms with E-state index < -0.39 is 16.0 Å². The van der Waals surface area contributed by atoms with Crippen molar-refractivity contribution in [2.45, 2.75) is 38.5 Å². The Morgan fingerprint density at radius 2 is 2.05 bits per heavy atom. The molecule has 2 aliphatic rings. The van der Waals surface area contributed by atoms with E-state index in [1.165, 1.54) is 0 Å². The number of carboxylic acids is 1. The average Bonchev–Trinajstić information content (AvgIpc) is 2.39. The Labute approximate surface area is 120 Å². The fourth-order valence-electron chi connectivity index (χ4n) is 3.31. The van der Waals surface area contributed by atoms with Crippen LogP contribution in [0.2, 0.25) is 0 Å². The molecule has 0 saturated carbocycles. The van der Waals surface area contributed by atoms with Crippen LogP contribution in [-0.2, 0) is 14.8 Å². The molecule has 2 rings (SSSR count). The summed E-state index contributed by atoms with van der Waals surface area (Å²) in [5.41, 5.74) is 0.0936. The van der Waals surface area contributed by atoms with E-state index in [1.807, 2.05) is 0 Å². The molecule has 20 heavy (non-hydrogen) atoms. The van der Waals surface area contributed by atoms with Gasteiger partial charge in [-0.15, -0.1) is 0 Å².